The molecule has 1 fully saturated rings. The van der Waals surface area contributed by atoms with Crippen molar-refractivity contribution in [3.8, 4) is 17.3 Å². The largest absolute Gasteiger partial charge is 0.332 e. The van der Waals surface area contributed by atoms with Crippen molar-refractivity contribution < 1.29 is 4.79 Å². The van der Waals surface area contributed by atoms with Crippen LogP contribution in [0.4, 0.5) is 0 Å². The summed E-state index contributed by atoms with van der Waals surface area (Å²) in [5.74, 6) is 0.0774. The van der Waals surface area contributed by atoms with Crippen LogP contribution < -0.4 is 0 Å². The smallest absolute Gasteiger partial charge is 0.246 e. The average molecular weight is 371 g/mol. The topological polar surface area (TPSA) is 65.2 Å². The number of nitriles is 1. The van der Waals surface area contributed by atoms with Crippen LogP contribution >= 0.6 is 0 Å². The molecule has 1 amide bonds. The lowest BCUT2D eigenvalue weighted by atomic mass is 10.00. The number of nitrogens with zero attached hydrogens (tertiary/aromatic N) is 5. The van der Waals surface area contributed by atoms with E-state index in [0.29, 0.717) is 19.6 Å². The molecule has 3 aromatic rings. The van der Waals surface area contributed by atoms with Crippen LogP contribution in [-0.2, 0) is 24.9 Å². The Bertz CT molecular complexity index is 1130. The van der Waals surface area contributed by atoms with Crippen LogP contribution in [0, 0.1) is 11.5 Å². The molecule has 0 aliphatic carbocycles. The van der Waals surface area contributed by atoms with Gasteiger partial charge in [0.25, 0.3) is 0 Å². The number of benzene rings is 2. The van der Waals surface area contributed by atoms with Gasteiger partial charge in [0.05, 0.1) is 11.7 Å². The van der Waals surface area contributed by atoms with Crippen LogP contribution in [0.25, 0.3) is 22.0 Å². The van der Waals surface area contributed by atoms with Crippen LogP contribution in [-0.4, -0.2) is 38.1 Å². The van der Waals surface area contributed by atoms with Gasteiger partial charge >= 0.3 is 0 Å². The molecule has 1 unspecified atom stereocenters. The minimum Gasteiger partial charge on any atom is -0.332 e. The van der Waals surface area contributed by atoms with E-state index in [9.17, 15) is 10.1 Å². The van der Waals surface area contributed by atoms with Crippen LogP contribution in [0.3, 0.4) is 0 Å². The maximum absolute atomic E-state index is 12.9. The van der Waals surface area contributed by atoms with Gasteiger partial charge in [0, 0.05) is 32.1 Å². The van der Waals surface area contributed by atoms with Gasteiger partial charge in [-0.1, -0.05) is 18.2 Å². The summed E-state index contributed by atoms with van der Waals surface area (Å²) in [7, 11) is 1.95. The summed E-state index contributed by atoms with van der Waals surface area (Å²) in [5.41, 5.74) is 5.80. The molecule has 0 radical (unpaired) electrons. The lowest BCUT2D eigenvalue weighted by Gasteiger charge is -2.23. The quantitative estimate of drug-likeness (QED) is 0.650. The molecule has 2 aromatic carbocycles. The molecule has 2 aliphatic heterocycles. The summed E-state index contributed by atoms with van der Waals surface area (Å²) in [6.45, 7) is 1.94. The molecule has 140 valence electrons. The number of carbonyl (C=O) groups excluding carboxylic acids is 1. The van der Waals surface area contributed by atoms with Crippen molar-refractivity contribution in [2.24, 2.45) is 7.05 Å². The summed E-state index contributed by atoms with van der Waals surface area (Å²) < 4.78 is 1.87. The van der Waals surface area contributed by atoms with Crippen LogP contribution in [0.1, 0.15) is 24.0 Å². The second-order valence-electron chi connectivity index (χ2n) is 7.67. The third-order valence-electron chi connectivity index (χ3n) is 5.99. The van der Waals surface area contributed by atoms with E-state index in [2.05, 4.69) is 47.7 Å². The molecule has 5 rings (SSSR count). The number of amides is 1. The van der Waals surface area contributed by atoms with Gasteiger partial charge in [0.15, 0.2) is 6.19 Å². The molecular formula is C22H21N5O. The van der Waals surface area contributed by atoms with Gasteiger partial charge in [-0.15, -0.1) is 0 Å². The van der Waals surface area contributed by atoms with Crippen molar-refractivity contribution in [3.05, 3.63) is 53.7 Å². The van der Waals surface area contributed by atoms with Crippen molar-refractivity contribution in [1.29, 1.82) is 5.26 Å². The third-order valence-corrected chi connectivity index (χ3v) is 5.99. The Hall–Kier alpha value is -3.33. The Morgan fingerprint density at radius 3 is 2.79 bits per heavy atom. The van der Waals surface area contributed by atoms with Crippen LogP contribution in [0.5, 0.6) is 0 Å². The fourth-order valence-electron chi connectivity index (χ4n) is 4.43. The third kappa shape index (κ3) is 2.63. The van der Waals surface area contributed by atoms with E-state index in [1.54, 1.807) is 4.90 Å². The first-order valence-electron chi connectivity index (χ1n) is 9.63. The minimum atomic E-state index is -0.285. The van der Waals surface area contributed by atoms with Gasteiger partial charge < -0.3 is 4.90 Å². The lowest BCUT2D eigenvalue weighted by molar-refractivity contribution is -0.135. The monoisotopic (exact) mass is 371 g/mol. The highest BCUT2D eigenvalue weighted by Gasteiger charge is 2.35. The SMILES string of the molecule is Cn1ncc2cc(-c3ccc4c(c3)CN(C(=O)C3CCCN3C#N)C4)ccc21. The Labute approximate surface area is 163 Å². The van der Waals surface area contributed by atoms with Crippen LogP contribution in [0.2, 0.25) is 0 Å². The fourth-order valence-corrected chi connectivity index (χ4v) is 4.43. The maximum Gasteiger partial charge on any atom is 0.246 e. The van der Waals surface area contributed by atoms with E-state index in [-0.39, 0.29) is 11.9 Å². The van der Waals surface area contributed by atoms with E-state index in [1.807, 2.05) is 22.8 Å². The van der Waals surface area contributed by atoms with Crippen molar-refractivity contribution in [2.75, 3.05) is 6.54 Å². The molecule has 0 saturated carbocycles. The van der Waals surface area contributed by atoms with Gasteiger partial charge in [0.1, 0.15) is 6.04 Å². The molecule has 1 atom stereocenters. The Kier molecular flexibility index (Phi) is 3.83. The van der Waals surface area contributed by atoms with Crippen molar-refractivity contribution >= 4 is 16.8 Å². The van der Waals surface area contributed by atoms with Gasteiger partial charge in [-0.2, -0.15) is 10.4 Å². The highest BCUT2D eigenvalue weighted by molar-refractivity contribution is 5.85. The second kappa shape index (κ2) is 6.38. The molecule has 6 heteroatoms. The number of hydrogen-bond acceptors (Lipinski definition) is 4. The molecule has 0 bridgehead atoms. The number of rotatable bonds is 2. The fraction of sp³-hybridized carbons (Fsp3) is 0.318. The highest BCUT2D eigenvalue weighted by Crippen LogP contribution is 2.31. The molecule has 1 aromatic heterocycles. The molecule has 0 N–H and O–H groups in total. The predicted octanol–water partition coefficient (Wildman–Crippen LogP) is 3.03. The molecular weight excluding hydrogens is 350 g/mol. The zero-order chi connectivity index (χ0) is 19.3. The lowest BCUT2D eigenvalue weighted by Crippen LogP contribution is -2.41. The highest BCUT2D eigenvalue weighted by atomic mass is 16.2. The second-order valence-corrected chi connectivity index (χ2v) is 7.67. The van der Waals surface area contributed by atoms with Crippen molar-refractivity contribution in [3.63, 3.8) is 0 Å². The maximum atomic E-state index is 12.9. The molecule has 0 spiro atoms. The van der Waals surface area contributed by atoms with E-state index in [0.717, 1.165) is 34.9 Å². The Morgan fingerprint density at radius 1 is 1.14 bits per heavy atom. The summed E-state index contributed by atoms with van der Waals surface area (Å²) in [6.07, 6.45) is 5.73. The van der Waals surface area contributed by atoms with Crippen molar-refractivity contribution in [2.45, 2.75) is 32.0 Å². The van der Waals surface area contributed by atoms with E-state index in [1.165, 1.54) is 11.1 Å². The number of aryl methyl sites for hydroxylation is 1. The summed E-state index contributed by atoms with van der Waals surface area (Å²) in [4.78, 5) is 16.4. The minimum absolute atomic E-state index is 0.0774. The molecule has 2 aliphatic rings. The first kappa shape index (κ1) is 16.8. The van der Waals surface area contributed by atoms with Gasteiger partial charge in [-0.05, 0) is 53.3 Å². The summed E-state index contributed by atoms with van der Waals surface area (Å²) >= 11 is 0. The van der Waals surface area contributed by atoms with Gasteiger partial charge in [-0.3, -0.25) is 14.4 Å². The van der Waals surface area contributed by atoms with E-state index < -0.39 is 0 Å². The molecule has 3 heterocycles. The summed E-state index contributed by atoms with van der Waals surface area (Å²) in [5, 5.41) is 14.7. The first-order valence-corrected chi connectivity index (χ1v) is 9.63. The van der Waals surface area contributed by atoms with Gasteiger partial charge in [0.2, 0.25) is 5.91 Å². The number of likely N-dealkylation sites (tertiary alicyclic amines) is 1. The number of hydrogen-bond donors (Lipinski definition) is 0. The zero-order valence-electron chi connectivity index (χ0n) is 15.8. The first-order chi connectivity index (χ1) is 13.6. The number of fused-ring (bicyclic) bond motifs is 2. The van der Waals surface area contributed by atoms with E-state index in [4.69, 9.17) is 0 Å². The van der Waals surface area contributed by atoms with E-state index >= 15 is 0 Å². The molecule has 28 heavy (non-hydrogen) atoms. The van der Waals surface area contributed by atoms with Crippen molar-refractivity contribution in [1.82, 2.24) is 19.6 Å². The normalized spacial score (nSPS) is 18.5. The Morgan fingerprint density at radius 2 is 1.93 bits per heavy atom. The Balaban J connectivity index is 1.40. The average Bonchev–Trinajstić information content (AvgIpc) is 3.44. The standard InChI is InChI=1S/C22H21N5O/c1-25-20-7-6-16(9-18(20)11-24-25)15-4-5-17-12-27(13-19(17)10-15)22(28)21-3-2-8-26(21)14-23/h4-7,9-11,21H,2-3,8,12-13H2,1H3. The summed E-state index contributed by atoms with van der Waals surface area (Å²) in [6, 6.07) is 12.5. The number of carbonyl (C=O) groups is 1. The molecule has 6 nitrogen and oxygen atoms in total. The number of aromatic nitrogens is 2. The van der Waals surface area contributed by atoms with Crippen LogP contribution in [0.15, 0.2) is 42.6 Å². The molecule has 1 saturated heterocycles. The van der Waals surface area contributed by atoms with Gasteiger partial charge in [-0.25, -0.2) is 0 Å². The predicted molar refractivity (Wildman–Crippen MR) is 106 cm³/mol. The zero-order valence-corrected chi connectivity index (χ0v) is 15.8.